The first-order valence-electron chi connectivity index (χ1n) is 8.57. The van der Waals surface area contributed by atoms with E-state index >= 15 is 0 Å². The summed E-state index contributed by atoms with van der Waals surface area (Å²) in [5.41, 5.74) is 1.39. The fourth-order valence-corrected chi connectivity index (χ4v) is 2.65. The highest BCUT2D eigenvalue weighted by atomic mass is 35.5. The molecular formula is C20H26ClNO4. The van der Waals surface area contributed by atoms with Gasteiger partial charge in [-0.3, -0.25) is 4.79 Å². The quantitative estimate of drug-likeness (QED) is 0.491. The second kappa shape index (κ2) is 10.8. The van der Waals surface area contributed by atoms with E-state index in [1.54, 1.807) is 36.4 Å². The van der Waals surface area contributed by atoms with Crippen LogP contribution in [0.2, 0.25) is 0 Å². The second-order valence-electron chi connectivity index (χ2n) is 6.05. The van der Waals surface area contributed by atoms with Gasteiger partial charge in [0.15, 0.2) is 5.78 Å². The van der Waals surface area contributed by atoms with Gasteiger partial charge >= 0.3 is 0 Å². The largest absolute Gasteiger partial charge is 1.00 e. The lowest BCUT2D eigenvalue weighted by Crippen LogP contribution is -3.00. The molecule has 2 unspecified atom stereocenters. The van der Waals surface area contributed by atoms with Crippen LogP contribution in [0, 0.1) is 0 Å². The van der Waals surface area contributed by atoms with Crippen LogP contribution in [-0.2, 0) is 0 Å². The number of rotatable bonds is 9. The van der Waals surface area contributed by atoms with Crippen LogP contribution in [0.1, 0.15) is 42.3 Å². The molecule has 2 atom stereocenters. The van der Waals surface area contributed by atoms with Crippen LogP contribution >= 0.6 is 0 Å². The summed E-state index contributed by atoms with van der Waals surface area (Å²) in [4.78, 5) is 12.3. The van der Waals surface area contributed by atoms with E-state index in [-0.39, 0.29) is 30.0 Å². The Balaban J connectivity index is 0.00000338. The molecule has 2 aromatic carbocycles. The van der Waals surface area contributed by atoms with Crippen molar-refractivity contribution in [3.05, 3.63) is 59.7 Å². The van der Waals surface area contributed by atoms with Crippen molar-refractivity contribution in [2.75, 3.05) is 13.2 Å². The molecule has 0 aliphatic heterocycles. The van der Waals surface area contributed by atoms with Crippen LogP contribution in [0.15, 0.2) is 48.5 Å². The van der Waals surface area contributed by atoms with Crippen molar-refractivity contribution in [2.45, 2.75) is 32.4 Å². The van der Waals surface area contributed by atoms with Crippen LogP contribution in [-0.4, -0.2) is 35.2 Å². The van der Waals surface area contributed by atoms with Crippen LogP contribution < -0.4 is 22.5 Å². The summed E-state index contributed by atoms with van der Waals surface area (Å²) in [6.07, 6.45) is -0.264. The Morgan fingerprint density at radius 2 is 1.88 bits per heavy atom. The molecule has 0 heterocycles. The van der Waals surface area contributed by atoms with Crippen molar-refractivity contribution in [1.82, 2.24) is 0 Å². The fourth-order valence-electron chi connectivity index (χ4n) is 2.65. The van der Waals surface area contributed by atoms with E-state index in [0.29, 0.717) is 30.9 Å². The van der Waals surface area contributed by atoms with Gasteiger partial charge in [0, 0.05) is 5.56 Å². The van der Waals surface area contributed by atoms with Gasteiger partial charge in [0.1, 0.15) is 23.6 Å². The first-order chi connectivity index (χ1) is 12.0. The van der Waals surface area contributed by atoms with Crippen molar-refractivity contribution >= 4 is 5.78 Å². The minimum Gasteiger partial charge on any atom is -1.00 e. The van der Waals surface area contributed by atoms with E-state index in [1.807, 2.05) is 31.3 Å². The van der Waals surface area contributed by atoms with Gasteiger partial charge in [-0.1, -0.05) is 24.3 Å². The summed E-state index contributed by atoms with van der Waals surface area (Å²) in [6, 6.07) is 13.6. The Kier molecular flexibility index (Phi) is 9.13. The number of phenolic OH excluding ortho intramolecular Hbond substituents is 1. The number of ether oxygens (including phenoxy) is 1. The average Bonchev–Trinajstić information content (AvgIpc) is 2.62. The van der Waals surface area contributed by atoms with Crippen LogP contribution in [0.5, 0.6) is 11.5 Å². The zero-order valence-corrected chi connectivity index (χ0v) is 15.8. The van der Waals surface area contributed by atoms with E-state index < -0.39 is 6.10 Å². The summed E-state index contributed by atoms with van der Waals surface area (Å²) >= 11 is 0. The lowest BCUT2D eigenvalue weighted by molar-refractivity contribution is -0.693. The predicted octanol–water partition coefficient (Wildman–Crippen LogP) is -0.947. The van der Waals surface area contributed by atoms with E-state index in [2.05, 4.69) is 0 Å². The summed E-state index contributed by atoms with van der Waals surface area (Å²) in [5.74, 6) is 0.935. The van der Waals surface area contributed by atoms with Gasteiger partial charge in [-0.05, 0) is 43.7 Å². The van der Waals surface area contributed by atoms with E-state index in [9.17, 15) is 15.0 Å². The molecule has 0 amide bonds. The molecule has 26 heavy (non-hydrogen) atoms. The molecule has 6 heteroatoms. The number of aromatic hydroxyl groups is 1. The number of hydrogen-bond donors (Lipinski definition) is 3. The van der Waals surface area contributed by atoms with E-state index in [0.717, 1.165) is 5.56 Å². The lowest BCUT2D eigenvalue weighted by Gasteiger charge is -2.17. The number of ketones is 1. The number of carbonyl (C=O) groups excluding carboxylic acids is 1. The zero-order chi connectivity index (χ0) is 18.2. The fraction of sp³-hybridized carbons (Fsp3) is 0.350. The monoisotopic (exact) mass is 379 g/mol. The zero-order valence-electron chi connectivity index (χ0n) is 15.1. The lowest BCUT2D eigenvalue weighted by atomic mass is 10.0. The number of Topliss-reactive ketones (excluding diaryl/α,β-unsaturated/α-hetero) is 1. The Hall–Kier alpha value is -2.08. The van der Waals surface area contributed by atoms with Crippen molar-refractivity contribution < 1.29 is 37.5 Å². The van der Waals surface area contributed by atoms with Gasteiger partial charge < -0.3 is 32.7 Å². The number of carbonyl (C=O) groups is 1. The molecule has 142 valence electrons. The molecule has 0 fully saturated rings. The molecule has 0 saturated carbocycles. The maximum Gasteiger partial charge on any atom is 0.168 e. The molecule has 5 nitrogen and oxygen atoms in total. The van der Waals surface area contributed by atoms with Crippen LogP contribution in [0.3, 0.4) is 0 Å². The first kappa shape index (κ1) is 22.0. The number of benzene rings is 2. The third-order valence-electron chi connectivity index (χ3n) is 4.11. The number of halogens is 1. The molecule has 2 rings (SSSR count). The van der Waals surface area contributed by atoms with Crippen molar-refractivity contribution in [3.8, 4) is 11.5 Å². The summed E-state index contributed by atoms with van der Waals surface area (Å²) in [6.45, 7) is 4.98. The Morgan fingerprint density at radius 3 is 2.54 bits per heavy atom. The summed E-state index contributed by atoms with van der Waals surface area (Å²) < 4.78 is 5.42. The molecule has 0 aliphatic rings. The summed E-state index contributed by atoms with van der Waals surface area (Å²) in [7, 11) is 0. The predicted molar refractivity (Wildman–Crippen MR) is 95.9 cm³/mol. The van der Waals surface area contributed by atoms with Gasteiger partial charge in [-0.25, -0.2) is 0 Å². The van der Waals surface area contributed by atoms with Gasteiger partial charge in [0.25, 0.3) is 0 Å². The Morgan fingerprint density at radius 1 is 1.19 bits per heavy atom. The third kappa shape index (κ3) is 6.33. The normalized spacial score (nSPS) is 12.7. The van der Waals surface area contributed by atoms with Gasteiger partial charge in [-0.15, -0.1) is 0 Å². The van der Waals surface area contributed by atoms with Crippen LogP contribution in [0.25, 0.3) is 0 Å². The second-order valence-corrected chi connectivity index (χ2v) is 6.05. The molecule has 0 radical (unpaired) electrons. The highest BCUT2D eigenvalue weighted by Crippen LogP contribution is 2.18. The molecule has 0 spiro atoms. The molecular weight excluding hydrogens is 354 g/mol. The van der Waals surface area contributed by atoms with Crippen LogP contribution in [0.4, 0.5) is 0 Å². The molecule has 0 aromatic heterocycles. The van der Waals surface area contributed by atoms with Gasteiger partial charge in [-0.2, -0.15) is 0 Å². The van der Waals surface area contributed by atoms with Gasteiger partial charge in [0.05, 0.1) is 19.6 Å². The Labute approximate surface area is 160 Å². The number of nitrogens with two attached hydrogens (primary N) is 1. The minimum atomic E-state index is -0.656. The molecule has 4 N–H and O–H groups in total. The Bertz CT molecular complexity index is 690. The maximum atomic E-state index is 12.3. The van der Waals surface area contributed by atoms with E-state index in [1.165, 1.54) is 0 Å². The number of aliphatic hydroxyl groups excluding tert-OH is 1. The number of quaternary nitrogens is 1. The number of hydrogen-bond acceptors (Lipinski definition) is 4. The number of aliphatic hydroxyl groups is 1. The minimum absolute atomic E-state index is 0. The standard InChI is InChI=1S/C20H25NO4.ClH/c1-3-25-18-6-4-5-16(13-18)19(23)11-12-21-14(2)20(24)15-7-9-17(22)10-8-15;/h4-10,13-14,20-22,24H,3,11-12H2,1-2H3;1H. The van der Waals surface area contributed by atoms with Gasteiger partial charge in [0.2, 0.25) is 0 Å². The highest BCUT2D eigenvalue weighted by Gasteiger charge is 2.19. The number of phenols is 1. The SMILES string of the molecule is CCOc1cccc(C(=O)CC[NH2+]C(C)C(O)c2ccc(O)cc2)c1.[Cl-]. The highest BCUT2D eigenvalue weighted by molar-refractivity contribution is 5.96. The van der Waals surface area contributed by atoms with Crippen molar-refractivity contribution in [3.63, 3.8) is 0 Å². The maximum absolute atomic E-state index is 12.3. The van der Waals surface area contributed by atoms with Crippen molar-refractivity contribution in [1.29, 1.82) is 0 Å². The van der Waals surface area contributed by atoms with E-state index in [4.69, 9.17) is 4.74 Å². The molecule has 0 saturated heterocycles. The topological polar surface area (TPSA) is 83.4 Å². The molecule has 0 aliphatic carbocycles. The smallest absolute Gasteiger partial charge is 0.168 e. The first-order valence-corrected chi connectivity index (χ1v) is 8.57. The molecule has 2 aromatic rings. The molecule has 0 bridgehead atoms. The summed E-state index contributed by atoms with van der Waals surface area (Å²) in [5, 5.41) is 21.6. The third-order valence-corrected chi connectivity index (χ3v) is 4.11. The average molecular weight is 380 g/mol. The van der Waals surface area contributed by atoms with Crippen molar-refractivity contribution in [2.24, 2.45) is 0 Å².